The molecule has 0 aliphatic heterocycles. The topological polar surface area (TPSA) is 26.3 Å². The molecule has 0 N–H and O–H groups in total. The van der Waals surface area contributed by atoms with E-state index in [1.807, 2.05) is 26.0 Å². The molecule has 0 radical (unpaired) electrons. The lowest BCUT2D eigenvalue weighted by Crippen LogP contribution is -2.51. The van der Waals surface area contributed by atoms with Crippen molar-refractivity contribution in [2.75, 3.05) is 0 Å². The molecule has 4 aliphatic carbocycles. The van der Waals surface area contributed by atoms with Gasteiger partial charge in [0.25, 0.3) is 0 Å². The summed E-state index contributed by atoms with van der Waals surface area (Å²) in [5.41, 5.74) is 5.39. The number of carbonyl (C=O) groups is 1. The van der Waals surface area contributed by atoms with Crippen molar-refractivity contribution in [2.24, 2.45) is 46.3 Å². The smallest absolute Gasteiger partial charge is 0.338 e. The van der Waals surface area contributed by atoms with E-state index in [1.165, 1.54) is 64.2 Å². The van der Waals surface area contributed by atoms with Crippen LogP contribution >= 0.6 is 0 Å². The fraction of sp³-hybridized carbons (Fsp3) is 0.769. The lowest BCUT2D eigenvalue weighted by molar-refractivity contribution is -0.0594. The standard InChI is InChI=1S/C36H54O2.C3H8/c1-23(2)9-8-10-26(5)31-13-14-32-30-12-11-28-22-29(38-34(37)27-20-24(3)19-25(4)21-27)15-17-35(28,6)33(30)16-18-36(31,32)7;1-3-2/h11,19-21,23,26,29-33H,8-10,12-18,22H2,1-7H3;3H2,1-2H3. The van der Waals surface area contributed by atoms with Gasteiger partial charge in [-0.05, 0) is 117 Å². The fourth-order valence-corrected chi connectivity index (χ4v) is 10.1. The summed E-state index contributed by atoms with van der Waals surface area (Å²) in [6, 6.07) is 6.04. The van der Waals surface area contributed by atoms with Crippen LogP contribution in [-0.2, 0) is 4.74 Å². The van der Waals surface area contributed by atoms with Crippen molar-refractivity contribution in [3.63, 3.8) is 0 Å². The predicted molar refractivity (Wildman–Crippen MR) is 174 cm³/mol. The van der Waals surface area contributed by atoms with Gasteiger partial charge in [0.2, 0.25) is 0 Å². The molecule has 8 atom stereocenters. The Morgan fingerprint density at radius 3 is 2.27 bits per heavy atom. The third-order valence-electron chi connectivity index (χ3n) is 12.0. The van der Waals surface area contributed by atoms with E-state index in [0.29, 0.717) is 16.4 Å². The number of benzene rings is 1. The molecule has 230 valence electrons. The summed E-state index contributed by atoms with van der Waals surface area (Å²) in [5, 5.41) is 0. The zero-order valence-corrected chi connectivity index (χ0v) is 28.2. The van der Waals surface area contributed by atoms with E-state index >= 15 is 0 Å². The van der Waals surface area contributed by atoms with E-state index in [2.05, 4.69) is 60.6 Å². The van der Waals surface area contributed by atoms with E-state index in [4.69, 9.17) is 4.74 Å². The summed E-state index contributed by atoms with van der Waals surface area (Å²) >= 11 is 0. The molecular weight excluding hydrogens is 500 g/mol. The Balaban J connectivity index is 0.00000124. The highest BCUT2D eigenvalue weighted by molar-refractivity contribution is 5.90. The van der Waals surface area contributed by atoms with Crippen LogP contribution in [0.2, 0.25) is 0 Å². The summed E-state index contributed by atoms with van der Waals surface area (Å²) in [5.74, 6) is 5.03. The first-order valence-electron chi connectivity index (χ1n) is 17.4. The number of rotatable bonds is 7. The number of hydrogen-bond acceptors (Lipinski definition) is 2. The average Bonchev–Trinajstić information content (AvgIpc) is 3.26. The maximum Gasteiger partial charge on any atom is 0.338 e. The maximum atomic E-state index is 13.0. The van der Waals surface area contributed by atoms with Gasteiger partial charge in [0.15, 0.2) is 0 Å². The van der Waals surface area contributed by atoms with E-state index in [1.54, 1.807) is 5.57 Å². The van der Waals surface area contributed by atoms with Crippen LogP contribution in [0.25, 0.3) is 0 Å². The lowest BCUT2D eigenvalue weighted by Gasteiger charge is -2.58. The summed E-state index contributed by atoms with van der Waals surface area (Å²) in [4.78, 5) is 13.0. The van der Waals surface area contributed by atoms with Crippen LogP contribution < -0.4 is 0 Å². The predicted octanol–water partition coefficient (Wildman–Crippen LogP) is 11.3. The van der Waals surface area contributed by atoms with Gasteiger partial charge in [-0.25, -0.2) is 4.79 Å². The summed E-state index contributed by atoms with van der Waals surface area (Å²) < 4.78 is 6.11. The van der Waals surface area contributed by atoms with Crippen molar-refractivity contribution in [3.05, 3.63) is 46.5 Å². The Kier molecular flexibility index (Phi) is 10.6. The molecule has 0 bridgehead atoms. The van der Waals surface area contributed by atoms with E-state index < -0.39 is 0 Å². The molecule has 41 heavy (non-hydrogen) atoms. The number of ether oxygens (including phenoxy) is 1. The second-order valence-electron chi connectivity index (χ2n) is 15.6. The molecule has 8 unspecified atom stereocenters. The molecule has 0 amide bonds. The van der Waals surface area contributed by atoms with Crippen LogP contribution in [0.4, 0.5) is 0 Å². The minimum Gasteiger partial charge on any atom is -0.458 e. The Morgan fingerprint density at radius 2 is 1.61 bits per heavy atom. The highest BCUT2D eigenvalue weighted by atomic mass is 16.5. The molecule has 0 spiro atoms. The normalized spacial score (nSPS) is 34.9. The molecule has 1 aromatic rings. The van der Waals surface area contributed by atoms with Gasteiger partial charge in [-0.15, -0.1) is 0 Å². The van der Waals surface area contributed by atoms with Gasteiger partial charge in [0.1, 0.15) is 6.10 Å². The third kappa shape index (κ3) is 6.83. The van der Waals surface area contributed by atoms with Crippen molar-refractivity contribution in [1.29, 1.82) is 0 Å². The second-order valence-corrected chi connectivity index (χ2v) is 15.6. The van der Waals surface area contributed by atoms with Gasteiger partial charge >= 0.3 is 5.97 Å². The minimum absolute atomic E-state index is 0.0237. The Hall–Kier alpha value is -1.57. The second kappa shape index (κ2) is 13.4. The van der Waals surface area contributed by atoms with Gasteiger partial charge in [-0.3, -0.25) is 0 Å². The Bertz CT molecular complexity index is 1050. The van der Waals surface area contributed by atoms with E-state index in [9.17, 15) is 4.79 Å². The zero-order chi connectivity index (χ0) is 29.9. The maximum absolute atomic E-state index is 13.0. The molecule has 0 aromatic heterocycles. The van der Waals surface area contributed by atoms with Crippen molar-refractivity contribution < 1.29 is 9.53 Å². The van der Waals surface area contributed by atoms with Gasteiger partial charge in [0.05, 0.1) is 5.56 Å². The molecule has 5 rings (SSSR count). The van der Waals surface area contributed by atoms with Gasteiger partial charge < -0.3 is 4.74 Å². The number of fused-ring (bicyclic) bond motifs is 5. The zero-order valence-electron chi connectivity index (χ0n) is 28.2. The highest BCUT2D eigenvalue weighted by Gasteiger charge is 2.59. The minimum atomic E-state index is -0.146. The summed E-state index contributed by atoms with van der Waals surface area (Å²) in [7, 11) is 0. The molecule has 3 fully saturated rings. The largest absolute Gasteiger partial charge is 0.458 e. The number of esters is 1. The first-order valence-corrected chi connectivity index (χ1v) is 17.4. The molecule has 4 aliphatic rings. The number of hydrogen-bond donors (Lipinski definition) is 0. The number of aryl methyl sites for hydroxylation is 2. The van der Waals surface area contributed by atoms with Crippen LogP contribution in [0.5, 0.6) is 0 Å². The molecule has 2 heteroatoms. The average molecular weight is 563 g/mol. The molecule has 0 saturated heterocycles. The van der Waals surface area contributed by atoms with Gasteiger partial charge in [-0.1, -0.05) is 103 Å². The lowest BCUT2D eigenvalue weighted by atomic mass is 9.47. The van der Waals surface area contributed by atoms with Crippen molar-refractivity contribution >= 4 is 5.97 Å². The van der Waals surface area contributed by atoms with Crippen LogP contribution in [0.1, 0.15) is 147 Å². The van der Waals surface area contributed by atoms with Crippen LogP contribution in [0, 0.1) is 60.2 Å². The Morgan fingerprint density at radius 1 is 0.927 bits per heavy atom. The Labute approximate surface area is 253 Å². The third-order valence-corrected chi connectivity index (χ3v) is 12.0. The molecule has 0 heterocycles. The summed E-state index contributed by atoms with van der Waals surface area (Å²) in [6.07, 6.45) is 18.2. The van der Waals surface area contributed by atoms with Crippen LogP contribution in [0.3, 0.4) is 0 Å². The molecule has 3 saturated carbocycles. The van der Waals surface area contributed by atoms with Crippen molar-refractivity contribution in [1.82, 2.24) is 0 Å². The molecular formula is C39H62O2. The quantitative estimate of drug-likeness (QED) is 0.244. The number of allylic oxidation sites excluding steroid dienone is 1. The number of carbonyl (C=O) groups excluding carboxylic acids is 1. The van der Waals surface area contributed by atoms with Crippen molar-refractivity contribution in [2.45, 2.75) is 145 Å². The molecule has 1 aromatic carbocycles. The van der Waals surface area contributed by atoms with Crippen LogP contribution in [0.15, 0.2) is 29.8 Å². The first kappa shape index (κ1) is 32.3. The SMILES string of the molecule is CCC.Cc1cc(C)cc(C(=O)OC2CCC3(C)C(=CCC4C3CCC3(C)C(C(C)CCCC(C)C)CCC43)C2)c1. The van der Waals surface area contributed by atoms with E-state index in [0.717, 1.165) is 59.5 Å². The molecule has 2 nitrogen and oxygen atoms in total. The van der Waals surface area contributed by atoms with Crippen molar-refractivity contribution in [3.8, 4) is 0 Å². The monoisotopic (exact) mass is 562 g/mol. The van der Waals surface area contributed by atoms with E-state index in [-0.39, 0.29) is 12.1 Å². The van der Waals surface area contributed by atoms with Crippen LogP contribution in [-0.4, -0.2) is 12.1 Å². The fourth-order valence-electron chi connectivity index (χ4n) is 10.1. The van der Waals surface area contributed by atoms with Gasteiger partial charge in [-0.2, -0.15) is 0 Å². The first-order chi connectivity index (χ1) is 19.4. The highest BCUT2D eigenvalue weighted by Crippen LogP contribution is 2.67. The summed E-state index contributed by atoms with van der Waals surface area (Å²) in [6.45, 7) is 20.9. The van der Waals surface area contributed by atoms with Gasteiger partial charge in [0, 0.05) is 6.42 Å².